The average Bonchev–Trinajstić information content (AvgIpc) is 3.19. The summed E-state index contributed by atoms with van der Waals surface area (Å²) in [5, 5.41) is 6.07. The van der Waals surface area contributed by atoms with Gasteiger partial charge in [-0.25, -0.2) is 4.98 Å². The average molecular weight is 497 g/mol. The highest BCUT2D eigenvalue weighted by Gasteiger charge is 2.23. The molecule has 0 bridgehead atoms. The second-order valence-electron chi connectivity index (χ2n) is 6.72. The number of aromatic nitrogens is 1. The zero-order chi connectivity index (χ0) is 19.1. The SMILES string of the molecule is CN=C(NCc1coc(-c2ccccc2)n1)N1CCC(CC(=O)NC)CC1.I. The maximum absolute atomic E-state index is 11.5. The number of benzene rings is 1. The van der Waals surface area contributed by atoms with E-state index in [-0.39, 0.29) is 29.9 Å². The van der Waals surface area contributed by atoms with Crippen LogP contribution < -0.4 is 10.6 Å². The molecule has 0 spiro atoms. The number of halogens is 1. The third-order valence-corrected chi connectivity index (χ3v) is 4.88. The number of nitrogens with one attached hydrogen (secondary N) is 2. The van der Waals surface area contributed by atoms with Crippen LogP contribution in [0.15, 0.2) is 46.0 Å². The largest absolute Gasteiger partial charge is 0.444 e. The van der Waals surface area contributed by atoms with Gasteiger partial charge in [0, 0.05) is 39.2 Å². The smallest absolute Gasteiger partial charge is 0.226 e. The molecule has 0 saturated carbocycles. The predicted molar refractivity (Wildman–Crippen MR) is 121 cm³/mol. The van der Waals surface area contributed by atoms with Crippen molar-refractivity contribution in [2.24, 2.45) is 10.9 Å². The minimum absolute atomic E-state index is 0. The molecular weight excluding hydrogens is 469 g/mol. The molecule has 0 atom stereocenters. The van der Waals surface area contributed by atoms with Crippen LogP contribution in [-0.4, -0.2) is 48.9 Å². The highest BCUT2D eigenvalue weighted by atomic mass is 127. The molecule has 0 unspecified atom stereocenters. The summed E-state index contributed by atoms with van der Waals surface area (Å²) in [7, 11) is 3.48. The molecule has 1 aromatic carbocycles. The van der Waals surface area contributed by atoms with E-state index in [1.807, 2.05) is 30.3 Å². The van der Waals surface area contributed by atoms with Crippen molar-refractivity contribution in [1.82, 2.24) is 20.5 Å². The lowest BCUT2D eigenvalue weighted by Crippen LogP contribution is -2.45. The fourth-order valence-corrected chi connectivity index (χ4v) is 3.32. The molecule has 2 aromatic rings. The van der Waals surface area contributed by atoms with Crippen LogP contribution in [0.4, 0.5) is 0 Å². The lowest BCUT2D eigenvalue weighted by molar-refractivity contribution is -0.121. The number of nitrogens with zero attached hydrogens (tertiary/aromatic N) is 3. The number of carbonyl (C=O) groups excluding carboxylic acids is 1. The molecule has 0 radical (unpaired) electrons. The zero-order valence-corrected chi connectivity index (χ0v) is 18.7. The number of piperidine rings is 1. The van der Waals surface area contributed by atoms with Crippen molar-refractivity contribution in [2.45, 2.75) is 25.8 Å². The molecule has 28 heavy (non-hydrogen) atoms. The first kappa shape index (κ1) is 22.2. The number of hydrogen-bond donors (Lipinski definition) is 2. The van der Waals surface area contributed by atoms with Gasteiger partial charge in [0.1, 0.15) is 6.26 Å². The Bertz CT molecular complexity index is 770. The van der Waals surface area contributed by atoms with Crippen molar-refractivity contribution in [3.8, 4) is 11.5 Å². The van der Waals surface area contributed by atoms with Gasteiger partial charge in [0.05, 0.1) is 12.2 Å². The van der Waals surface area contributed by atoms with E-state index < -0.39 is 0 Å². The number of amides is 1. The van der Waals surface area contributed by atoms with E-state index in [1.54, 1.807) is 20.4 Å². The van der Waals surface area contributed by atoms with Crippen LogP contribution in [0, 0.1) is 5.92 Å². The second kappa shape index (κ2) is 11.0. The standard InChI is InChI=1S/C20H27N5O2.HI/c1-21-18(26)12-15-8-10-25(11-9-15)20(22-2)23-13-17-14-27-19(24-17)16-6-4-3-5-7-16;/h3-7,14-15H,8-13H2,1-2H3,(H,21,26)(H,22,23);1H. The van der Waals surface area contributed by atoms with Gasteiger partial charge in [-0.3, -0.25) is 9.79 Å². The molecule has 2 heterocycles. The third kappa shape index (κ3) is 5.95. The topological polar surface area (TPSA) is 82.8 Å². The maximum Gasteiger partial charge on any atom is 0.226 e. The van der Waals surface area contributed by atoms with Gasteiger partial charge in [-0.2, -0.15) is 0 Å². The van der Waals surface area contributed by atoms with E-state index in [0.717, 1.165) is 43.1 Å². The number of carbonyl (C=O) groups is 1. The lowest BCUT2D eigenvalue weighted by Gasteiger charge is -2.33. The van der Waals surface area contributed by atoms with Crippen LogP contribution in [-0.2, 0) is 11.3 Å². The van der Waals surface area contributed by atoms with Crippen molar-refractivity contribution < 1.29 is 9.21 Å². The first-order valence-corrected chi connectivity index (χ1v) is 9.35. The van der Waals surface area contributed by atoms with Crippen molar-refractivity contribution in [3.63, 3.8) is 0 Å². The molecule has 1 amide bonds. The highest BCUT2D eigenvalue weighted by molar-refractivity contribution is 14.0. The molecule has 2 N–H and O–H groups in total. The Hall–Kier alpha value is -2.10. The van der Waals surface area contributed by atoms with E-state index in [9.17, 15) is 4.79 Å². The van der Waals surface area contributed by atoms with Gasteiger partial charge in [-0.1, -0.05) is 18.2 Å². The van der Waals surface area contributed by atoms with Crippen LogP contribution in [0.1, 0.15) is 25.0 Å². The Balaban J connectivity index is 0.00000280. The molecule has 1 aromatic heterocycles. The monoisotopic (exact) mass is 497 g/mol. The molecule has 7 nitrogen and oxygen atoms in total. The number of aliphatic imine (C=N–C) groups is 1. The zero-order valence-electron chi connectivity index (χ0n) is 16.4. The van der Waals surface area contributed by atoms with Gasteiger partial charge < -0.3 is 20.0 Å². The normalized spacial score (nSPS) is 15.1. The fourth-order valence-electron chi connectivity index (χ4n) is 3.32. The molecule has 1 saturated heterocycles. The number of likely N-dealkylation sites (tertiary alicyclic amines) is 1. The summed E-state index contributed by atoms with van der Waals surface area (Å²) in [6.07, 6.45) is 4.28. The van der Waals surface area contributed by atoms with Gasteiger partial charge in [0.25, 0.3) is 0 Å². The Kier molecular flexibility index (Phi) is 8.75. The quantitative estimate of drug-likeness (QED) is 0.377. The van der Waals surface area contributed by atoms with Gasteiger partial charge in [-0.05, 0) is 30.9 Å². The molecular formula is C20H28IN5O2. The summed E-state index contributed by atoms with van der Waals surface area (Å²) < 4.78 is 5.58. The first-order chi connectivity index (χ1) is 13.2. The summed E-state index contributed by atoms with van der Waals surface area (Å²) >= 11 is 0. The van der Waals surface area contributed by atoms with Crippen LogP contribution in [0.25, 0.3) is 11.5 Å². The molecule has 0 aliphatic carbocycles. The maximum atomic E-state index is 11.5. The van der Waals surface area contributed by atoms with Crippen LogP contribution in [0.2, 0.25) is 0 Å². The Morgan fingerprint density at radius 1 is 1.29 bits per heavy atom. The number of guanidine groups is 1. The minimum Gasteiger partial charge on any atom is -0.444 e. The summed E-state index contributed by atoms with van der Waals surface area (Å²) in [6, 6.07) is 9.85. The van der Waals surface area contributed by atoms with Crippen molar-refractivity contribution >= 4 is 35.8 Å². The number of rotatable bonds is 5. The molecule has 8 heteroatoms. The summed E-state index contributed by atoms with van der Waals surface area (Å²) in [5.41, 5.74) is 1.80. The Labute approximate surface area is 183 Å². The Morgan fingerprint density at radius 3 is 2.64 bits per heavy atom. The van der Waals surface area contributed by atoms with Gasteiger partial charge in [0.2, 0.25) is 11.8 Å². The fraction of sp³-hybridized carbons (Fsp3) is 0.450. The molecule has 1 fully saturated rings. The summed E-state index contributed by atoms with van der Waals surface area (Å²) in [4.78, 5) is 22.7. The van der Waals surface area contributed by atoms with Crippen molar-refractivity contribution in [1.29, 1.82) is 0 Å². The molecule has 1 aliphatic heterocycles. The number of hydrogen-bond acceptors (Lipinski definition) is 4. The van der Waals surface area contributed by atoms with E-state index in [0.29, 0.717) is 24.8 Å². The van der Waals surface area contributed by atoms with Crippen LogP contribution >= 0.6 is 24.0 Å². The van der Waals surface area contributed by atoms with E-state index in [2.05, 4.69) is 25.5 Å². The summed E-state index contributed by atoms with van der Waals surface area (Å²) in [5.74, 6) is 2.05. The predicted octanol–water partition coefficient (Wildman–Crippen LogP) is 2.88. The molecule has 152 valence electrons. The van der Waals surface area contributed by atoms with Crippen LogP contribution in [0.3, 0.4) is 0 Å². The highest BCUT2D eigenvalue weighted by Crippen LogP contribution is 2.21. The Morgan fingerprint density at radius 2 is 2.00 bits per heavy atom. The number of oxazole rings is 1. The van der Waals surface area contributed by atoms with Gasteiger partial charge in [0.15, 0.2) is 5.96 Å². The van der Waals surface area contributed by atoms with E-state index in [4.69, 9.17) is 4.42 Å². The third-order valence-electron chi connectivity index (χ3n) is 4.88. The lowest BCUT2D eigenvalue weighted by atomic mass is 9.93. The van der Waals surface area contributed by atoms with Crippen molar-refractivity contribution in [2.75, 3.05) is 27.2 Å². The van der Waals surface area contributed by atoms with Crippen molar-refractivity contribution in [3.05, 3.63) is 42.3 Å². The first-order valence-electron chi connectivity index (χ1n) is 9.35. The minimum atomic E-state index is 0. The second-order valence-corrected chi connectivity index (χ2v) is 6.72. The van der Waals surface area contributed by atoms with Crippen LogP contribution in [0.5, 0.6) is 0 Å². The molecule has 3 rings (SSSR count). The van der Waals surface area contributed by atoms with E-state index >= 15 is 0 Å². The molecule has 1 aliphatic rings. The van der Waals surface area contributed by atoms with Gasteiger partial charge >= 0.3 is 0 Å². The van der Waals surface area contributed by atoms with Gasteiger partial charge in [-0.15, -0.1) is 24.0 Å². The van der Waals surface area contributed by atoms with E-state index in [1.165, 1.54) is 0 Å². The summed E-state index contributed by atoms with van der Waals surface area (Å²) in [6.45, 7) is 2.35.